The number of hydrogen-bond donors (Lipinski definition) is 1. The summed E-state index contributed by atoms with van der Waals surface area (Å²) in [6.45, 7) is 7.68. The van der Waals surface area contributed by atoms with Gasteiger partial charge in [-0.05, 0) is 51.0 Å². The van der Waals surface area contributed by atoms with Gasteiger partial charge in [0.25, 0.3) is 0 Å². The number of aryl methyl sites for hydroxylation is 2. The molecule has 2 aromatic rings. The maximum Gasteiger partial charge on any atom is 0.234 e. The normalized spacial score (nSPS) is 17.5. The second-order valence-electron chi connectivity index (χ2n) is 6.12. The SMILES string of the molecule is Cc1cc(C(Cl)c2ccc3c(c2)C(C)(C)C(=O)N3)c(C)o1. The van der Waals surface area contributed by atoms with E-state index in [2.05, 4.69) is 5.32 Å². The van der Waals surface area contributed by atoms with Gasteiger partial charge in [-0.3, -0.25) is 4.79 Å². The van der Waals surface area contributed by atoms with Gasteiger partial charge >= 0.3 is 0 Å². The van der Waals surface area contributed by atoms with Crippen molar-refractivity contribution in [3.63, 3.8) is 0 Å². The van der Waals surface area contributed by atoms with Gasteiger partial charge in [-0.25, -0.2) is 0 Å². The number of amides is 1. The van der Waals surface area contributed by atoms with Crippen LogP contribution < -0.4 is 5.32 Å². The number of anilines is 1. The third-order valence-corrected chi connectivity index (χ3v) is 4.66. The summed E-state index contributed by atoms with van der Waals surface area (Å²) in [6.07, 6.45) is 0. The molecule has 1 N–H and O–H groups in total. The Morgan fingerprint density at radius 3 is 2.57 bits per heavy atom. The smallest absolute Gasteiger partial charge is 0.234 e. The molecule has 0 saturated carbocycles. The van der Waals surface area contributed by atoms with Gasteiger partial charge in [-0.1, -0.05) is 12.1 Å². The Hall–Kier alpha value is -1.74. The highest BCUT2D eigenvalue weighted by atomic mass is 35.5. The van der Waals surface area contributed by atoms with Crippen LogP contribution in [0.3, 0.4) is 0 Å². The van der Waals surface area contributed by atoms with Crippen LogP contribution in [0.2, 0.25) is 0 Å². The van der Waals surface area contributed by atoms with Gasteiger partial charge in [0, 0.05) is 11.3 Å². The summed E-state index contributed by atoms with van der Waals surface area (Å²) in [5, 5.41) is 2.63. The average molecular weight is 304 g/mol. The molecule has 0 aliphatic carbocycles. The van der Waals surface area contributed by atoms with Crippen molar-refractivity contribution in [2.45, 2.75) is 38.5 Å². The van der Waals surface area contributed by atoms with E-state index in [0.29, 0.717) is 0 Å². The molecule has 4 heteroatoms. The number of fused-ring (bicyclic) bond motifs is 1. The van der Waals surface area contributed by atoms with E-state index in [-0.39, 0.29) is 11.3 Å². The molecule has 0 bridgehead atoms. The Labute approximate surface area is 129 Å². The quantitative estimate of drug-likeness (QED) is 0.833. The van der Waals surface area contributed by atoms with Gasteiger partial charge in [-0.15, -0.1) is 11.6 Å². The Morgan fingerprint density at radius 1 is 1.24 bits per heavy atom. The molecule has 0 saturated heterocycles. The van der Waals surface area contributed by atoms with E-state index in [1.807, 2.05) is 52.0 Å². The summed E-state index contributed by atoms with van der Waals surface area (Å²) in [4.78, 5) is 12.0. The van der Waals surface area contributed by atoms with E-state index >= 15 is 0 Å². The largest absolute Gasteiger partial charge is 0.466 e. The van der Waals surface area contributed by atoms with Crippen LogP contribution in [0.4, 0.5) is 5.69 Å². The van der Waals surface area contributed by atoms with E-state index in [1.165, 1.54) is 0 Å². The molecule has 1 unspecified atom stereocenters. The van der Waals surface area contributed by atoms with E-state index in [1.54, 1.807) is 0 Å². The van der Waals surface area contributed by atoms with Crippen LogP contribution in [-0.4, -0.2) is 5.91 Å². The highest BCUT2D eigenvalue weighted by Crippen LogP contribution is 2.41. The number of halogens is 1. The fraction of sp³-hybridized carbons (Fsp3) is 0.353. The molecule has 3 nitrogen and oxygen atoms in total. The Kier molecular flexibility index (Phi) is 3.14. The number of hydrogen-bond acceptors (Lipinski definition) is 2. The first-order chi connectivity index (χ1) is 9.80. The molecule has 1 atom stereocenters. The van der Waals surface area contributed by atoms with E-state index in [4.69, 9.17) is 16.0 Å². The summed E-state index contributed by atoms with van der Waals surface area (Å²) in [6, 6.07) is 7.87. The molecule has 0 radical (unpaired) electrons. The summed E-state index contributed by atoms with van der Waals surface area (Å²) in [5.41, 5.74) is 3.29. The van der Waals surface area contributed by atoms with Crippen molar-refractivity contribution in [2.24, 2.45) is 0 Å². The van der Waals surface area contributed by atoms with Crippen molar-refractivity contribution in [3.8, 4) is 0 Å². The van der Waals surface area contributed by atoms with Crippen LogP contribution in [0.15, 0.2) is 28.7 Å². The number of benzene rings is 1. The number of carbonyl (C=O) groups is 1. The van der Waals surface area contributed by atoms with Gasteiger partial charge in [0.05, 0.1) is 10.8 Å². The second kappa shape index (κ2) is 4.63. The number of alkyl halides is 1. The topological polar surface area (TPSA) is 42.2 Å². The standard InChI is InChI=1S/C17H18ClNO2/c1-9-7-12(10(2)21-9)15(18)11-5-6-14-13(8-11)17(3,4)16(20)19-14/h5-8,15H,1-4H3,(H,19,20). The van der Waals surface area contributed by atoms with Crippen molar-refractivity contribution >= 4 is 23.2 Å². The van der Waals surface area contributed by atoms with Crippen molar-refractivity contribution in [1.29, 1.82) is 0 Å². The molecule has 110 valence electrons. The molecule has 1 aliphatic heterocycles. The Bertz CT molecular complexity index is 730. The summed E-state index contributed by atoms with van der Waals surface area (Å²) in [7, 11) is 0. The Morgan fingerprint density at radius 2 is 1.95 bits per heavy atom. The number of nitrogens with one attached hydrogen (secondary N) is 1. The van der Waals surface area contributed by atoms with Gasteiger partial charge < -0.3 is 9.73 Å². The number of rotatable bonds is 2. The monoisotopic (exact) mass is 303 g/mol. The lowest BCUT2D eigenvalue weighted by atomic mass is 9.85. The molecule has 2 heterocycles. The van der Waals surface area contributed by atoms with Gasteiger partial charge in [0.15, 0.2) is 0 Å². The van der Waals surface area contributed by atoms with Crippen molar-refractivity contribution in [3.05, 3.63) is 52.5 Å². The minimum atomic E-state index is -0.524. The summed E-state index contributed by atoms with van der Waals surface area (Å²) in [5.74, 6) is 1.71. The molecule has 1 aliphatic rings. The molecule has 0 fully saturated rings. The lowest BCUT2D eigenvalue weighted by molar-refractivity contribution is -0.119. The summed E-state index contributed by atoms with van der Waals surface area (Å²) < 4.78 is 5.56. The highest BCUT2D eigenvalue weighted by Gasteiger charge is 2.38. The Balaban J connectivity index is 2.04. The zero-order valence-corrected chi connectivity index (χ0v) is 13.3. The molecule has 1 aromatic carbocycles. The van der Waals surface area contributed by atoms with Crippen LogP contribution in [-0.2, 0) is 10.2 Å². The maximum atomic E-state index is 12.0. The third kappa shape index (κ3) is 2.16. The van der Waals surface area contributed by atoms with Gasteiger partial charge in [-0.2, -0.15) is 0 Å². The molecule has 21 heavy (non-hydrogen) atoms. The van der Waals surface area contributed by atoms with Crippen LogP contribution >= 0.6 is 11.6 Å². The minimum absolute atomic E-state index is 0.0242. The zero-order valence-electron chi connectivity index (χ0n) is 12.6. The van der Waals surface area contributed by atoms with Crippen molar-refractivity contribution in [1.82, 2.24) is 0 Å². The van der Waals surface area contributed by atoms with E-state index in [0.717, 1.165) is 33.9 Å². The molecule has 0 spiro atoms. The van der Waals surface area contributed by atoms with Gasteiger partial charge in [0.2, 0.25) is 5.91 Å². The molecular formula is C17H18ClNO2. The summed E-state index contributed by atoms with van der Waals surface area (Å²) >= 11 is 6.62. The lowest BCUT2D eigenvalue weighted by Crippen LogP contribution is -2.26. The highest BCUT2D eigenvalue weighted by molar-refractivity contribution is 6.22. The molecule has 1 amide bonds. The van der Waals surface area contributed by atoms with Crippen molar-refractivity contribution in [2.75, 3.05) is 5.32 Å². The van der Waals surface area contributed by atoms with Crippen molar-refractivity contribution < 1.29 is 9.21 Å². The van der Waals surface area contributed by atoms with Crippen LogP contribution in [0.5, 0.6) is 0 Å². The fourth-order valence-electron chi connectivity index (χ4n) is 2.83. The molecular weight excluding hydrogens is 286 g/mol. The molecule has 1 aromatic heterocycles. The fourth-order valence-corrected chi connectivity index (χ4v) is 3.18. The predicted molar refractivity (Wildman–Crippen MR) is 84.0 cm³/mol. The molecule has 3 rings (SSSR count). The van der Waals surface area contributed by atoms with Crippen LogP contribution in [0, 0.1) is 13.8 Å². The van der Waals surface area contributed by atoms with Gasteiger partial charge in [0.1, 0.15) is 11.5 Å². The van der Waals surface area contributed by atoms with E-state index in [9.17, 15) is 4.79 Å². The lowest BCUT2D eigenvalue weighted by Gasteiger charge is -2.17. The second-order valence-corrected chi connectivity index (χ2v) is 6.55. The minimum Gasteiger partial charge on any atom is -0.466 e. The first-order valence-corrected chi connectivity index (χ1v) is 7.41. The third-order valence-electron chi connectivity index (χ3n) is 4.18. The maximum absolute atomic E-state index is 12.0. The van der Waals surface area contributed by atoms with Crippen LogP contribution in [0.25, 0.3) is 0 Å². The first kappa shape index (κ1) is 14.2. The average Bonchev–Trinajstić information content (AvgIpc) is 2.87. The zero-order chi connectivity index (χ0) is 15.4. The number of furan rings is 1. The first-order valence-electron chi connectivity index (χ1n) is 6.97. The predicted octanol–water partition coefficient (Wildman–Crippen LogP) is 4.45. The number of carbonyl (C=O) groups excluding carboxylic acids is 1. The van der Waals surface area contributed by atoms with E-state index < -0.39 is 5.41 Å². The van der Waals surface area contributed by atoms with Crippen LogP contribution in [0.1, 0.15) is 47.4 Å².